The van der Waals surface area contributed by atoms with Crippen LogP contribution in [0.25, 0.3) is 11.3 Å². The van der Waals surface area contributed by atoms with Crippen molar-refractivity contribution < 1.29 is 14.3 Å². The Labute approximate surface area is 157 Å². The second kappa shape index (κ2) is 7.53. The average Bonchev–Trinajstić information content (AvgIpc) is 3.20. The molecule has 1 atom stereocenters. The molecule has 4 rings (SSSR count). The summed E-state index contributed by atoms with van der Waals surface area (Å²) in [5.41, 5.74) is 3.90. The van der Waals surface area contributed by atoms with Crippen LogP contribution in [0.4, 0.5) is 0 Å². The minimum Gasteiger partial charge on any atom is -0.497 e. The van der Waals surface area contributed by atoms with Gasteiger partial charge in [0.2, 0.25) is 5.91 Å². The summed E-state index contributed by atoms with van der Waals surface area (Å²) < 4.78 is 10.9. The molecule has 2 heterocycles. The molecule has 0 spiro atoms. The van der Waals surface area contributed by atoms with E-state index in [2.05, 4.69) is 15.5 Å². The van der Waals surface area contributed by atoms with Crippen molar-refractivity contribution in [2.45, 2.75) is 13.0 Å². The minimum absolute atomic E-state index is 0.00798. The molecule has 27 heavy (non-hydrogen) atoms. The number of nitrogens with zero attached hydrogens (tertiary/aromatic N) is 1. The SMILES string of the molecule is COc1ccc(-c2[nH]ncc2CNC(=O)[C@H]2COc3ccccc3C2)cc1. The predicted octanol–water partition coefficient (Wildman–Crippen LogP) is 2.95. The van der Waals surface area contributed by atoms with Gasteiger partial charge < -0.3 is 14.8 Å². The quantitative estimate of drug-likeness (QED) is 0.731. The van der Waals surface area contributed by atoms with Gasteiger partial charge in [-0.2, -0.15) is 5.10 Å². The third-order valence-electron chi connectivity index (χ3n) is 4.80. The number of amides is 1. The van der Waals surface area contributed by atoms with Crippen LogP contribution in [0.1, 0.15) is 11.1 Å². The molecule has 1 aliphatic rings. The summed E-state index contributed by atoms with van der Waals surface area (Å²) in [7, 11) is 1.64. The molecule has 0 aliphatic carbocycles. The van der Waals surface area contributed by atoms with Crippen molar-refractivity contribution in [1.29, 1.82) is 0 Å². The molecule has 0 radical (unpaired) electrons. The number of H-pyrrole nitrogens is 1. The first kappa shape index (κ1) is 17.1. The molecule has 0 saturated heterocycles. The van der Waals surface area contributed by atoms with Gasteiger partial charge in [0.05, 0.1) is 24.9 Å². The number of rotatable bonds is 5. The van der Waals surface area contributed by atoms with E-state index >= 15 is 0 Å². The number of hydrogen-bond donors (Lipinski definition) is 2. The van der Waals surface area contributed by atoms with Crippen molar-refractivity contribution in [3.8, 4) is 22.8 Å². The zero-order valence-electron chi connectivity index (χ0n) is 15.1. The first-order chi connectivity index (χ1) is 13.2. The molecule has 0 unspecified atom stereocenters. The molecule has 1 aliphatic heterocycles. The number of aromatic amines is 1. The van der Waals surface area contributed by atoms with Crippen LogP contribution in [-0.4, -0.2) is 29.8 Å². The lowest BCUT2D eigenvalue weighted by atomic mass is 9.96. The molecule has 0 fully saturated rings. The summed E-state index contributed by atoms with van der Waals surface area (Å²) in [6.07, 6.45) is 2.44. The average molecular weight is 363 g/mol. The summed E-state index contributed by atoms with van der Waals surface area (Å²) in [5.74, 6) is 1.48. The highest BCUT2D eigenvalue weighted by molar-refractivity contribution is 5.80. The Morgan fingerprint density at radius 1 is 1.26 bits per heavy atom. The Morgan fingerprint density at radius 2 is 2.07 bits per heavy atom. The molecule has 138 valence electrons. The van der Waals surface area contributed by atoms with Crippen LogP contribution in [0.5, 0.6) is 11.5 Å². The summed E-state index contributed by atoms with van der Waals surface area (Å²) in [5, 5.41) is 10.2. The number of aromatic nitrogens is 2. The van der Waals surface area contributed by atoms with E-state index in [9.17, 15) is 4.79 Å². The third-order valence-corrected chi connectivity index (χ3v) is 4.80. The maximum atomic E-state index is 12.6. The van der Waals surface area contributed by atoms with Gasteiger partial charge in [-0.1, -0.05) is 18.2 Å². The molecule has 1 amide bonds. The number of fused-ring (bicyclic) bond motifs is 1. The Balaban J connectivity index is 1.41. The summed E-state index contributed by atoms with van der Waals surface area (Å²) in [6, 6.07) is 15.6. The third kappa shape index (κ3) is 3.65. The number of methoxy groups -OCH3 is 1. The van der Waals surface area contributed by atoms with E-state index in [1.54, 1.807) is 13.3 Å². The van der Waals surface area contributed by atoms with E-state index in [1.165, 1.54) is 0 Å². The molecule has 6 nitrogen and oxygen atoms in total. The van der Waals surface area contributed by atoms with Crippen LogP contribution < -0.4 is 14.8 Å². The maximum Gasteiger partial charge on any atom is 0.227 e. The van der Waals surface area contributed by atoms with Gasteiger partial charge in [0.1, 0.15) is 18.1 Å². The van der Waals surface area contributed by atoms with Gasteiger partial charge in [0.15, 0.2) is 0 Å². The standard InChI is InChI=1S/C21H21N3O3/c1-26-18-8-6-14(7-9-18)20-17(12-23-24-20)11-22-21(25)16-10-15-4-2-3-5-19(15)27-13-16/h2-9,12,16H,10-11,13H2,1H3,(H,22,25)(H,23,24)/t16-/m1/s1. The molecular formula is C21H21N3O3. The summed E-state index contributed by atoms with van der Waals surface area (Å²) in [4.78, 5) is 12.6. The van der Waals surface area contributed by atoms with Crippen LogP contribution in [0, 0.1) is 5.92 Å². The van der Waals surface area contributed by atoms with Crippen LogP contribution >= 0.6 is 0 Å². The van der Waals surface area contributed by atoms with Crippen molar-refractivity contribution in [3.63, 3.8) is 0 Å². The molecule has 6 heteroatoms. The van der Waals surface area contributed by atoms with E-state index in [0.29, 0.717) is 19.6 Å². The number of ether oxygens (including phenoxy) is 2. The Bertz CT molecular complexity index is 934. The number of para-hydroxylation sites is 1. The predicted molar refractivity (Wildman–Crippen MR) is 102 cm³/mol. The second-order valence-electron chi connectivity index (χ2n) is 6.54. The first-order valence-electron chi connectivity index (χ1n) is 8.89. The highest BCUT2D eigenvalue weighted by Gasteiger charge is 2.25. The van der Waals surface area contributed by atoms with Gasteiger partial charge in [-0.25, -0.2) is 0 Å². The normalized spacial score (nSPS) is 15.5. The Hall–Kier alpha value is -3.28. The Morgan fingerprint density at radius 3 is 2.89 bits per heavy atom. The second-order valence-corrected chi connectivity index (χ2v) is 6.54. The Kier molecular flexibility index (Phi) is 4.78. The molecule has 3 aromatic rings. The van der Waals surface area contributed by atoms with Gasteiger partial charge in [0.25, 0.3) is 0 Å². The number of carbonyl (C=O) groups is 1. The number of hydrogen-bond acceptors (Lipinski definition) is 4. The molecule has 0 saturated carbocycles. The van der Waals surface area contributed by atoms with E-state index < -0.39 is 0 Å². The molecule has 0 bridgehead atoms. The number of benzene rings is 2. The van der Waals surface area contributed by atoms with E-state index in [1.807, 2.05) is 48.5 Å². The van der Waals surface area contributed by atoms with Gasteiger partial charge >= 0.3 is 0 Å². The van der Waals surface area contributed by atoms with Crippen LogP contribution in [0.15, 0.2) is 54.7 Å². The van der Waals surface area contributed by atoms with Gasteiger partial charge in [-0.3, -0.25) is 9.89 Å². The van der Waals surface area contributed by atoms with E-state index in [0.717, 1.165) is 33.9 Å². The lowest BCUT2D eigenvalue weighted by Crippen LogP contribution is -2.37. The fourth-order valence-electron chi connectivity index (χ4n) is 3.28. The van der Waals surface area contributed by atoms with E-state index in [4.69, 9.17) is 9.47 Å². The van der Waals surface area contributed by atoms with Crippen molar-refractivity contribution in [2.75, 3.05) is 13.7 Å². The highest BCUT2D eigenvalue weighted by atomic mass is 16.5. The zero-order chi connectivity index (χ0) is 18.6. The summed E-state index contributed by atoms with van der Waals surface area (Å²) in [6.45, 7) is 0.814. The van der Waals surface area contributed by atoms with Crippen LogP contribution in [0.2, 0.25) is 0 Å². The van der Waals surface area contributed by atoms with Gasteiger partial charge in [0, 0.05) is 17.7 Å². The minimum atomic E-state index is -0.184. The lowest BCUT2D eigenvalue weighted by molar-refractivity contribution is -0.126. The smallest absolute Gasteiger partial charge is 0.227 e. The fourth-order valence-corrected chi connectivity index (χ4v) is 3.28. The number of nitrogens with one attached hydrogen (secondary N) is 2. The van der Waals surface area contributed by atoms with Gasteiger partial charge in [-0.05, 0) is 42.3 Å². The van der Waals surface area contributed by atoms with Crippen molar-refractivity contribution in [2.24, 2.45) is 5.92 Å². The molecule has 2 N–H and O–H groups in total. The van der Waals surface area contributed by atoms with Gasteiger partial charge in [-0.15, -0.1) is 0 Å². The fraction of sp³-hybridized carbons (Fsp3) is 0.238. The lowest BCUT2D eigenvalue weighted by Gasteiger charge is -2.24. The monoisotopic (exact) mass is 363 g/mol. The zero-order valence-corrected chi connectivity index (χ0v) is 15.1. The van der Waals surface area contributed by atoms with Crippen LogP contribution in [0.3, 0.4) is 0 Å². The van der Waals surface area contributed by atoms with Crippen molar-refractivity contribution >= 4 is 5.91 Å². The van der Waals surface area contributed by atoms with Crippen molar-refractivity contribution in [1.82, 2.24) is 15.5 Å². The van der Waals surface area contributed by atoms with Crippen LogP contribution in [-0.2, 0) is 17.8 Å². The largest absolute Gasteiger partial charge is 0.497 e. The molecular weight excluding hydrogens is 342 g/mol. The highest BCUT2D eigenvalue weighted by Crippen LogP contribution is 2.27. The topological polar surface area (TPSA) is 76.2 Å². The first-order valence-corrected chi connectivity index (χ1v) is 8.89. The molecule has 1 aromatic heterocycles. The molecule has 2 aromatic carbocycles. The maximum absolute atomic E-state index is 12.6. The number of carbonyl (C=O) groups excluding carboxylic acids is 1. The van der Waals surface area contributed by atoms with E-state index in [-0.39, 0.29) is 11.8 Å². The summed E-state index contributed by atoms with van der Waals surface area (Å²) >= 11 is 0. The van der Waals surface area contributed by atoms with Crippen molar-refractivity contribution in [3.05, 3.63) is 65.9 Å².